The van der Waals surface area contributed by atoms with Gasteiger partial charge in [-0.05, 0) is 13.3 Å². The van der Waals surface area contributed by atoms with Crippen LogP contribution in [0.3, 0.4) is 0 Å². The number of nitrogens with one attached hydrogen (secondary N) is 2. The molecule has 0 aliphatic rings. The molecule has 0 fully saturated rings. The minimum atomic E-state index is 0.255. The highest BCUT2D eigenvalue weighted by molar-refractivity contribution is 5.26. The van der Waals surface area contributed by atoms with Crippen LogP contribution in [0.2, 0.25) is 0 Å². The molecule has 0 unspecified atom stereocenters. The highest BCUT2D eigenvalue weighted by Gasteiger charge is 2.13. The summed E-state index contributed by atoms with van der Waals surface area (Å²) >= 11 is 0. The van der Waals surface area contributed by atoms with Gasteiger partial charge in [0, 0.05) is 43.3 Å². The van der Waals surface area contributed by atoms with Gasteiger partial charge in [-0.3, -0.25) is 4.68 Å². The van der Waals surface area contributed by atoms with Crippen molar-refractivity contribution in [2.24, 2.45) is 0 Å². The lowest BCUT2D eigenvalue weighted by atomic mass is 10.0. The average Bonchev–Trinajstić information content (AvgIpc) is 3.72. The molecule has 0 saturated heterocycles. The van der Waals surface area contributed by atoms with Crippen LogP contribution < -0.4 is 10.6 Å². The number of rotatable bonds is 37. The normalized spacial score (nSPS) is 11.6. The lowest BCUT2D eigenvalue weighted by molar-refractivity contribution is 0.0117. The molecule has 0 saturated carbocycles. The zero-order valence-electron chi connectivity index (χ0n) is 41.7. The molecule has 0 aromatic carbocycles. The van der Waals surface area contributed by atoms with Crippen molar-refractivity contribution in [2.75, 3.05) is 56.8 Å². The third kappa shape index (κ3) is 27.5. The third-order valence-electron chi connectivity index (χ3n) is 10.6. The second kappa shape index (κ2) is 35.9. The summed E-state index contributed by atoms with van der Waals surface area (Å²) in [5, 5.41) is 14.9. The average molecular weight is 882 g/mol. The van der Waals surface area contributed by atoms with E-state index in [0.717, 1.165) is 48.5 Å². The molecule has 2 N–H and O–H groups in total. The fourth-order valence-electron chi connectivity index (χ4n) is 6.71. The lowest BCUT2D eigenvalue weighted by Gasteiger charge is -2.12. The molecule has 63 heavy (non-hydrogen) atoms. The molecule has 3 heterocycles. The van der Waals surface area contributed by atoms with Crippen molar-refractivity contribution in [1.82, 2.24) is 44.9 Å². The first-order chi connectivity index (χ1) is 30.5. The molecule has 3 aromatic heterocycles. The van der Waals surface area contributed by atoms with Crippen LogP contribution in [0.5, 0.6) is 0 Å². The van der Waals surface area contributed by atoms with Gasteiger partial charge in [-0.15, -0.1) is 5.10 Å². The quantitative estimate of drug-likeness (QED) is 0.0527. The van der Waals surface area contributed by atoms with Gasteiger partial charge in [0.25, 0.3) is 0 Å². The molecule has 3 rings (SSSR count). The molecule has 360 valence electrons. The Morgan fingerprint density at radius 3 is 1.25 bits per heavy atom. The molecule has 0 aliphatic carbocycles. The van der Waals surface area contributed by atoms with Crippen molar-refractivity contribution in [3.63, 3.8) is 0 Å². The Bertz CT molecular complexity index is 1480. The van der Waals surface area contributed by atoms with E-state index in [-0.39, 0.29) is 11.8 Å². The monoisotopic (exact) mass is 882 g/mol. The van der Waals surface area contributed by atoms with Crippen LogP contribution in [0.1, 0.15) is 237 Å². The van der Waals surface area contributed by atoms with E-state index in [1.165, 1.54) is 109 Å². The summed E-state index contributed by atoms with van der Waals surface area (Å²) in [5.41, 5.74) is 0.868. The Kier molecular flexibility index (Phi) is 31.8. The topological polar surface area (TPSA) is 160 Å². The number of unbranched alkanes of at least 4 members (excludes halogenated alkanes) is 17. The minimum absolute atomic E-state index is 0.255. The van der Waals surface area contributed by atoms with Crippen LogP contribution in [-0.2, 0) is 27.4 Å². The summed E-state index contributed by atoms with van der Waals surface area (Å²) in [7, 11) is 0. The van der Waals surface area contributed by atoms with Gasteiger partial charge in [0.05, 0.1) is 45.8 Å². The zero-order chi connectivity index (χ0) is 45.9. The van der Waals surface area contributed by atoms with Crippen molar-refractivity contribution in [2.45, 2.75) is 222 Å². The fraction of sp³-hybridized carbons (Fsp3) is 0.837. The van der Waals surface area contributed by atoms with Crippen LogP contribution >= 0.6 is 0 Å². The van der Waals surface area contributed by atoms with Gasteiger partial charge in [-0.2, -0.15) is 19.9 Å². The maximum atomic E-state index is 5.71. The molecule has 0 spiro atoms. The number of nitrogens with zero attached hydrogens (tertiary/aromatic N) is 9. The van der Waals surface area contributed by atoms with Crippen LogP contribution in [-0.4, -0.2) is 91.0 Å². The highest BCUT2D eigenvalue weighted by Crippen LogP contribution is 2.18. The first-order valence-electron chi connectivity index (χ1n) is 25.2. The summed E-state index contributed by atoms with van der Waals surface area (Å²) < 4.78 is 19.0. The van der Waals surface area contributed by atoms with Crippen LogP contribution in [0, 0.1) is 0 Å². The maximum absolute atomic E-state index is 5.71. The fourth-order valence-corrected chi connectivity index (χ4v) is 6.71. The molecule has 0 atom stereocenters. The van der Waals surface area contributed by atoms with Crippen LogP contribution in [0.4, 0.5) is 11.9 Å². The predicted octanol–water partition coefficient (Wildman–Crippen LogP) is 12.0. The largest absolute Gasteiger partial charge is 0.377 e. The summed E-state index contributed by atoms with van der Waals surface area (Å²) in [5.74, 6) is 5.85. The SMILES string of the molecule is CCCCCCCCCCCCCCCCCCCCn1cc(COCCOCCOCCNc2nc(C(C)C)nc(C(C)C)n2)nn1.CCNc1nc(C(C)C)nc(C(C)C)n1. The Balaban J connectivity index is 0.000000764. The van der Waals surface area contributed by atoms with E-state index in [1.807, 2.05) is 17.8 Å². The summed E-state index contributed by atoms with van der Waals surface area (Å²) in [6, 6.07) is 0. The number of hydrogen-bond donors (Lipinski definition) is 2. The first-order valence-corrected chi connectivity index (χ1v) is 25.2. The van der Waals surface area contributed by atoms with Gasteiger partial charge in [0.15, 0.2) is 0 Å². The zero-order valence-corrected chi connectivity index (χ0v) is 41.7. The number of anilines is 2. The van der Waals surface area contributed by atoms with Crippen LogP contribution in [0.15, 0.2) is 6.20 Å². The molecule has 0 aliphatic heterocycles. The van der Waals surface area contributed by atoms with Gasteiger partial charge >= 0.3 is 0 Å². The standard InChI is InChI=1S/C38H71N7O3.C11H20N4/c1-6-7-8-9-10-11-12-13-14-15-16-17-18-19-20-21-22-23-25-45-31-35(43-44-45)32-48-30-29-47-28-27-46-26-24-39-38-41-36(33(2)3)40-37(42-38)34(4)5;1-6-12-11-14-9(7(2)3)13-10(15-11)8(4)5/h31,33-34H,6-30,32H2,1-5H3,(H,39,40,41,42);7-8H,6H2,1-5H3,(H,12,13,14,15). The molecule has 14 heteroatoms. The molecule has 14 nitrogen and oxygen atoms in total. The van der Waals surface area contributed by atoms with Crippen LogP contribution in [0.25, 0.3) is 0 Å². The van der Waals surface area contributed by atoms with E-state index in [1.54, 1.807) is 0 Å². The highest BCUT2D eigenvalue weighted by atomic mass is 16.5. The molecule has 3 aromatic rings. The van der Waals surface area contributed by atoms with Crippen molar-refractivity contribution < 1.29 is 14.2 Å². The third-order valence-corrected chi connectivity index (χ3v) is 10.6. The molecular weight excluding hydrogens is 791 g/mol. The smallest absolute Gasteiger partial charge is 0.226 e. The minimum Gasteiger partial charge on any atom is -0.377 e. The van der Waals surface area contributed by atoms with Crippen molar-refractivity contribution in [3.8, 4) is 0 Å². The summed E-state index contributed by atoms with van der Waals surface area (Å²) in [6.07, 6.45) is 27.1. The Labute approximate surface area is 383 Å². The van der Waals surface area contributed by atoms with Crippen molar-refractivity contribution >= 4 is 11.9 Å². The van der Waals surface area contributed by atoms with E-state index in [4.69, 9.17) is 14.2 Å². The molecular formula is C49H91N11O3. The Hall–Kier alpha value is -3.36. The number of aromatic nitrogens is 9. The number of ether oxygens (including phenoxy) is 3. The first kappa shape index (κ1) is 55.8. The lowest BCUT2D eigenvalue weighted by Crippen LogP contribution is -2.17. The maximum Gasteiger partial charge on any atom is 0.226 e. The molecule has 0 radical (unpaired) electrons. The van der Waals surface area contributed by atoms with Gasteiger partial charge in [-0.1, -0.05) is 177 Å². The molecule has 0 amide bonds. The van der Waals surface area contributed by atoms with E-state index >= 15 is 0 Å². The summed E-state index contributed by atoms with van der Waals surface area (Å²) in [4.78, 5) is 26.8. The van der Waals surface area contributed by atoms with Gasteiger partial charge in [-0.25, -0.2) is 9.97 Å². The van der Waals surface area contributed by atoms with E-state index in [2.05, 4.69) is 113 Å². The van der Waals surface area contributed by atoms with E-state index in [0.29, 0.717) is 69.9 Å². The Morgan fingerprint density at radius 1 is 0.460 bits per heavy atom. The van der Waals surface area contributed by atoms with Gasteiger partial charge in [0.1, 0.15) is 29.0 Å². The van der Waals surface area contributed by atoms with E-state index < -0.39 is 0 Å². The van der Waals surface area contributed by atoms with Gasteiger partial charge < -0.3 is 24.8 Å². The second-order valence-electron chi connectivity index (χ2n) is 18.1. The van der Waals surface area contributed by atoms with Crippen molar-refractivity contribution in [1.29, 1.82) is 0 Å². The second-order valence-corrected chi connectivity index (χ2v) is 18.1. The summed E-state index contributed by atoms with van der Waals surface area (Å²) in [6.45, 7) is 26.5. The van der Waals surface area contributed by atoms with Crippen molar-refractivity contribution in [3.05, 3.63) is 35.2 Å². The predicted molar refractivity (Wildman–Crippen MR) is 259 cm³/mol. The Morgan fingerprint density at radius 2 is 0.841 bits per heavy atom. The number of hydrogen-bond acceptors (Lipinski definition) is 13. The number of aryl methyl sites for hydroxylation is 1. The van der Waals surface area contributed by atoms with E-state index in [9.17, 15) is 0 Å². The molecule has 0 bridgehead atoms. The van der Waals surface area contributed by atoms with Gasteiger partial charge in [0.2, 0.25) is 11.9 Å².